The van der Waals surface area contributed by atoms with Crippen molar-refractivity contribution in [2.75, 3.05) is 13.2 Å². The van der Waals surface area contributed by atoms with Gasteiger partial charge in [0.1, 0.15) is 11.4 Å². The van der Waals surface area contributed by atoms with Crippen LogP contribution >= 0.6 is 0 Å². The molecule has 1 fully saturated rings. The highest BCUT2D eigenvalue weighted by Crippen LogP contribution is 2.22. The first-order chi connectivity index (χ1) is 8.07. The number of hydrogen-bond donors (Lipinski definition) is 3. The highest BCUT2D eigenvalue weighted by atomic mass is 16.5. The second-order valence-electron chi connectivity index (χ2n) is 4.43. The summed E-state index contributed by atoms with van der Waals surface area (Å²) in [5, 5.41) is 19.3. The summed E-state index contributed by atoms with van der Waals surface area (Å²) in [4.78, 5) is 14.4. The largest absolute Gasteiger partial charge is 0.508 e. The Morgan fingerprint density at radius 3 is 2.88 bits per heavy atom. The molecule has 90 valence electrons. The zero-order valence-corrected chi connectivity index (χ0v) is 9.01. The highest BCUT2D eigenvalue weighted by Gasteiger charge is 2.37. The van der Waals surface area contributed by atoms with E-state index in [1.165, 1.54) is 16.7 Å². The maximum absolute atomic E-state index is 11.7. The van der Waals surface area contributed by atoms with Gasteiger partial charge in [0, 0.05) is 6.07 Å². The van der Waals surface area contributed by atoms with Crippen LogP contribution in [0.3, 0.4) is 0 Å². The summed E-state index contributed by atoms with van der Waals surface area (Å²) in [6.45, 7) is 0.672. The normalized spacial score (nSPS) is 18.2. The van der Waals surface area contributed by atoms with Gasteiger partial charge in [0.25, 0.3) is 0 Å². The number of aromatic hydroxyl groups is 1. The van der Waals surface area contributed by atoms with Crippen LogP contribution in [0.2, 0.25) is 0 Å². The SMILES string of the molecule is O=c1[nH]c2cc(O)ccc2n1CC1(O)COC1. The number of phenols is 1. The second-order valence-corrected chi connectivity index (χ2v) is 4.43. The number of H-pyrrole nitrogens is 1. The number of aromatic nitrogens is 2. The molecule has 0 amide bonds. The summed E-state index contributed by atoms with van der Waals surface area (Å²) in [5.41, 5.74) is -0.0468. The summed E-state index contributed by atoms with van der Waals surface area (Å²) in [7, 11) is 0. The Bertz CT molecular complexity index is 624. The van der Waals surface area contributed by atoms with Crippen LogP contribution in [0, 0.1) is 0 Å². The van der Waals surface area contributed by atoms with Crippen molar-refractivity contribution in [1.82, 2.24) is 9.55 Å². The van der Waals surface area contributed by atoms with E-state index in [-0.39, 0.29) is 31.2 Å². The molecule has 3 N–H and O–H groups in total. The molecule has 0 spiro atoms. The first kappa shape index (κ1) is 10.4. The van der Waals surface area contributed by atoms with Crippen LogP contribution in [0.4, 0.5) is 0 Å². The van der Waals surface area contributed by atoms with E-state index in [2.05, 4.69) is 4.98 Å². The Balaban J connectivity index is 2.09. The number of benzene rings is 1. The lowest BCUT2D eigenvalue weighted by Crippen LogP contribution is -2.53. The lowest BCUT2D eigenvalue weighted by molar-refractivity contribution is -0.184. The van der Waals surface area contributed by atoms with Gasteiger partial charge in [-0.2, -0.15) is 0 Å². The fraction of sp³-hybridized carbons (Fsp3) is 0.364. The van der Waals surface area contributed by atoms with Crippen LogP contribution in [0.25, 0.3) is 11.0 Å². The van der Waals surface area contributed by atoms with Gasteiger partial charge in [0.2, 0.25) is 0 Å². The van der Waals surface area contributed by atoms with E-state index >= 15 is 0 Å². The first-order valence-corrected chi connectivity index (χ1v) is 5.29. The maximum atomic E-state index is 11.7. The Labute approximate surface area is 96.1 Å². The number of phenolic OH excluding ortho intramolecular Hbond substituents is 1. The minimum absolute atomic E-state index is 0.0941. The summed E-state index contributed by atoms with van der Waals surface area (Å²) < 4.78 is 6.40. The van der Waals surface area contributed by atoms with Crippen LogP contribution in [0.15, 0.2) is 23.0 Å². The standard InChI is InChI=1S/C11H12N2O4/c14-7-1-2-9-8(3-7)12-10(15)13(9)4-11(16)5-17-6-11/h1-3,14,16H,4-6H2,(H,12,15). The molecule has 1 aromatic carbocycles. The van der Waals surface area contributed by atoms with E-state index in [4.69, 9.17) is 4.74 Å². The van der Waals surface area contributed by atoms with Crippen molar-refractivity contribution in [1.29, 1.82) is 0 Å². The Morgan fingerprint density at radius 1 is 1.47 bits per heavy atom. The Kier molecular flexibility index (Phi) is 2.04. The molecule has 2 aromatic rings. The summed E-state index contributed by atoms with van der Waals surface area (Å²) >= 11 is 0. The van der Waals surface area contributed by atoms with E-state index in [0.717, 1.165) is 0 Å². The summed E-state index contributed by atoms with van der Waals surface area (Å²) in [6.07, 6.45) is 0. The molecule has 0 saturated carbocycles. The molecule has 1 aliphatic heterocycles. The quantitative estimate of drug-likeness (QED) is 0.673. The molecule has 1 saturated heterocycles. The number of rotatable bonds is 2. The van der Waals surface area contributed by atoms with Crippen molar-refractivity contribution >= 4 is 11.0 Å². The Hall–Kier alpha value is -1.79. The molecule has 2 heterocycles. The first-order valence-electron chi connectivity index (χ1n) is 5.29. The third-order valence-electron chi connectivity index (χ3n) is 2.95. The fourth-order valence-corrected chi connectivity index (χ4v) is 2.03. The molecule has 0 aliphatic carbocycles. The van der Waals surface area contributed by atoms with Gasteiger partial charge < -0.3 is 19.9 Å². The lowest BCUT2D eigenvalue weighted by Gasteiger charge is -2.36. The van der Waals surface area contributed by atoms with Gasteiger partial charge in [-0.3, -0.25) is 4.57 Å². The van der Waals surface area contributed by atoms with Gasteiger partial charge in [-0.05, 0) is 12.1 Å². The zero-order chi connectivity index (χ0) is 12.0. The van der Waals surface area contributed by atoms with E-state index < -0.39 is 5.60 Å². The smallest absolute Gasteiger partial charge is 0.326 e. The predicted molar refractivity (Wildman–Crippen MR) is 60.0 cm³/mol. The van der Waals surface area contributed by atoms with Crippen LogP contribution in [-0.4, -0.2) is 38.6 Å². The third-order valence-corrected chi connectivity index (χ3v) is 2.95. The number of ether oxygens (including phenoxy) is 1. The maximum Gasteiger partial charge on any atom is 0.326 e. The Morgan fingerprint density at radius 2 is 2.24 bits per heavy atom. The van der Waals surface area contributed by atoms with Crippen LogP contribution in [0.1, 0.15) is 0 Å². The van der Waals surface area contributed by atoms with Gasteiger partial charge in [-0.1, -0.05) is 0 Å². The second kappa shape index (κ2) is 3.35. The van der Waals surface area contributed by atoms with Crippen molar-refractivity contribution in [2.24, 2.45) is 0 Å². The van der Waals surface area contributed by atoms with E-state index in [9.17, 15) is 15.0 Å². The molecule has 17 heavy (non-hydrogen) atoms. The van der Waals surface area contributed by atoms with Gasteiger partial charge in [0.05, 0.1) is 30.8 Å². The van der Waals surface area contributed by atoms with Crippen molar-refractivity contribution in [3.8, 4) is 5.75 Å². The van der Waals surface area contributed by atoms with Gasteiger partial charge >= 0.3 is 5.69 Å². The third kappa shape index (κ3) is 1.62. The number of nitrogens with one attached hydrogen (secondary N) is 1. The van der Waals surface area contributed by atoms with Crippen LogP contribution in [0.5, 0.6) is 5.75 Å². The van der Waals surface area contributed by atoms with E-state index in [1.54, 1.807) is 6.07 Å². The molecule has 0 radical (unpaired) electrons. The molecular formula is C11H12N2O4. The molecule has 6 nitrogen and oxygen atoms in total. The van der Waals surface area contributed by atoms with Crippen molar-refractivity contribution < 1.29 is 14.9 Å². The number of hydrogen-bond acceptors (Lipinski definition) is 4. The minimum Gasteiger partial charge on any atom is -0.508 e. The van der Waals surface area contributed by atoms with Crippen LogP contribution in [-0.2, 0) is 11.3 Å². The number of imidazole rings is 1. The molecule has 1 aliphatic rings. The van der Waals surface area contributed by atoms with Gasteiger partial charge in [-0.15, -0.1) is 0 Å². The summed E-state index contributed by atoms with van der Waals surface area (Å²) in [5.74, 6) is 0.0941. The topological polar surface area (TPSA) is 87.5 Å². The molecular weight excluding hydrogens is 224 g/mol. The van der Waals surface area contributed by atoms with E-state index in [1.807, 2.05) is 0 Å². The van der Waals surface area contributed by atoms with Gasteiger partial charge in [0.15, 0.2) is 0 Å². The molecule has 0 bridgehead atoms. The summed E-state index contributed by atoms with van der Waals surface area (Å²) in [6, 6.07) is 4.63. The number of nitrogens with zero attached hydrogens (tertiary/aromatic N) is 1. The van der Waals surface area contributed by atoms with Gasteiger partial charge in [-0.25, -0.2) is 4.79 Å². The molecule has 1 aromatic heterocycles. The lowest BCUT2D eigenvalue weighted by atomic mass is 10.0. The average Bonchev–Trinajstić information content (AvgIpc) is 2.52. The van der Waals surface area contributed by atoms with Crippen molar-refractivity contribution in [3.63, 3.8) is 0 Å². The van der Waals surface area contributed by atoms with Crippen LogP contribution < -0.4 is 5.69 Å². The predicted octanol–water partition coefficient (Wildman–Crippen LogP) is -0.204. The monoisotopic (exact) mass is 236 g/mol. The number of aromatic amines is 1. The van der Waals surface area contributed by atoms with Crippen molar-refractivity contribution in [2.45, 2.75) is 12.1 Å². The number of fused-ring (bicyclic) bond motifs is 1. The highest BCUT2D eigenvalue weighted by molar-refractivity contribution is 5.76. The van der Waals surface area contributed by atoms with E-state index in [0.29, 0.717) is 11.0 Å². The average molecular weight is 236 g/mol. The molecule has 0 atom stereocenters. The zero-order valence-electron chi connectivity index (χ0n) is 9.01. The molecule has 0 unspecified atom stereocenters. The number of aliphatic hydroxyl groups is 1. The molecule has 6 heteroatoms. The van der Waals surface area contributed by atoms with Crippen molar-refractivity contribution in [3.05, 3.63) is 28.7 Å². The minimum atomic E-state index is -0.961. The molecule has 3 rings (SSSR count). The fourth-order valence-electron chi connectivity index (χ4n) is 2.03.